The minimum atomic E-state index is -0.499. The van der Waals surface area contributed by atoms with Gasteiger partial charge in [0.2, 0.25) is 17.7 Å². The highest BCUT2D eigenvalue weighted by molar-refractivity contribution is 5.97. The number of hydrogen-bond donors (Lipinski definition) is 2. The lowest BCUT2D eigenvalue weighted by molar-refractivity contribution is -0.130. The van der Waals surface area contributed by atoms with Gasteiger partial charge in [-0.1, -0.05) is 57.2 Å². The number of nitrogens with one attached hydrogen (secondary N) is 2. The second-order valence-corrected chi connectivity index (χ2v) is 9.12. The van der Waals surface area contributed by atoms with E-state index < -0.39 is 5.41 Å². The zero-order valence-corrected chi connectivity index (χ0v) is 18.9. The number of carbonyl (C=O) groups excluding carboxylic acids is 3. The number of piperidine rings is 1. The highest BCUT2D eigenvalue weighted by Crippen LogP contribution is 2.23. The molecule has 3 amide bonds. The molecule has 2 aromatic rings. The smallest absolute Gasteiger partial charge is 0.246 e. The number of carbonyl (C=O) groups is 3. The molecule has 1 fully saturated rings. The molecular formula is C26H31N3O3. The van der Waals surface area contributed by atoms with Crippen molar-refractivity contribution in [1.82, 2.24) is 4.90 Å². The Morgan fingerprint density at radius 2 is 1.53 bits per heavy atom. The summed E-state index contributed by atoms with van der Waals surface area (Å²) in [6, 6.07) is 16.9. The summed E-state index contributed by atoms with van der Waals surface area (Å²) in [6.07, 6.45) is 4.65. The van der Waals surface area contributed by atoms with E-state index in [0.717, 1.165) is 5.56 Å². The topological polar surface area (TPSA) is 78.5 Å². The van der Waals surface area contributed by atoms with Crippen LogP contribution in [0.5, 0.6) is 0 Å². The Morgan fingerprint density at radius 3 is 2.16 bits per heavy atom. The third-order valence-electron chi connectivity index (χ3n) is 5.46. The molecule has 2 N–H and O–H groups in total. The summed E-state index contributed by atoms with van der Waals surface area (Å²) >= 11 is 0. The molecule has 6 nitrogen and oxygen atoms in total. The van der Waals surface area contributed by atoms with Crippen LogP contribution < -0.4 is 10.6 Å². The van der Waals surface area contributed by atoms with E-state index in [4.69, 9.17) is 0 Å². The minimum absolute atomic E-state index is 0.0324. The lowest BCUT2D eigenvalue weighted by atomic mass is 9.95. The van der Waals surface area contributed by atoms with Gasteiger partial charge in [0.15, 0.2) is 0 Å². The van der Waals surface area contributed by atoms with E-state index in [-0.39, 0.29) is 23.6 Å². The van der Waals surface area contributed by atoms with Crippen LogP contribution in [0.2, 0.25) is 0 Å². The van der Waals surface area contributed by atoms with Crippen molar-refractivity contribution in [2.45, 2.75) is 33.6 Å². The first-order valence-electron chi connectivity index (χ1n) is 11.0. The number of nitrogens with zero attached hydrogens (tertiary/aromatic N) is 1. The fourth-order valence-corrected chi connectivity index (χ4v) is 3.44. The lowest BCUT2D eigenvalue weighted by Crippen LogP contribution is -2.40. The first-order valence-corrected chi connectivity index (χ1v) is 11.0. The summed E-state index contributed by atoms with van der Waals surface area (Å²) in [5.74, 6) is -0.324. The molecule has 32 heavy (non-hydrogen) atoms. The second kappa shape index (κ2) is 10.3. The fraction of sp³-hybridized carbons (Fsp3) is 0.346. The molecule has 0 aromatic heterocycles. The predicted octanol–water partition coefficient (Wildman–Crippen LogP) is 4.56. The first-order chi connectivity index (χ1) is 15.2. The molecule has 0 saturated carbocycles. The van der Waals surface area contributed by atoms with Crippen molar-refractivity contribution in [3.8, 4) is 0 Å². The van der Waals surface area contributed by atoms with Crippen LogP contribution in [0.4, 0.5) is 11.4 Å². The SMILES string of the molecule is CC(C)(C)C(=O)Nc1cccc(NC(=O)C2CCN(C(=O)/C=C/c3ccccc3)CC2)c1. The van der Waals surface area contributed by atoms with Crippen LogP contribution >= 0.6 is 0 Å². The summed E-state index contributed by atoms with van der Waals surface area (Å²) in [5, 5.41) is 5.82. The maximum Gasteiger partial charge on any atom is 0.246 e. The maximum absolute atomic E-state index is 12.7. The molecule has 1 aliphatic rings. The number of hydrogen-bond acceptors (Lipinski definition) is 3. The Balaban J connectivity index is 1.50. The average Bonchev–Trinajstić information content (AvgIpc) is 2.78. The van der Waals surface area contributed by atoms with Gasteiger partial charge in [-0.05, 0) is 42.7 Å². The first kappa shape index (κ1) is 23.3. The van der Waals surface area contributed by atoms with Crippen molar-refractivity contribution in [3.63, 3.8) is 0 Å². The Labute approximate surface area is 189 Å². The van der Waals surface area contributed by atoms with Crippen molar-refractivity contribution < 1.29 is 14.4 Å². The normalized spacial score (nSPS) is 14.9. The predicted molar refractivity (Wildman–Crippen MR) is 128 cm³/mol. The summed E-state index contributed by atoms with van der Waals surface area (Å²) in [4.78, 5) is 39.1. The molecule has 0 spiro atoms. The number of rotatable bonds is 5. The molecule has 1 aliphatic heterocycles. The molecule has 1 saturated heterocycles. The van der Waals surface area contributed by atoms with Crippen LogP contribution in [-0.4, -0.2) is 35.7 Å². The van der Waals surface area contributed by atoms with Crippen LogP contribution in [0.25, 0.3) is 6.08 Å². The maximum atomic E-state index is 12.7. The lowest BCUT2D eigenvalue weighted by Gasteiger charge is -2.30. The van der Waals surface area contributed by atoms with Crippen molar-refractivity contribution in [1.29, 1.82) is 0 Å². The van der Waals surface area contributed by atoms with E-state index in [1.54, 1.807) is 35.2 Å². The zero-order valence-electron chi connectivity index (χ0n) is 18.9. The summed E-state index contributed by atoms with van der Waals surface area (Å²) in [7, 11) is 0. The molecule has 2 aromatic carbocycles. The summed E-state index contributed by atoms with van der Waals surface area (Å²) in [5.41, 5.74) is 1.77. The van der Waals surface area contributed by atoms with Crippen LogP contribution in [0.1, 0.15) is 39.2 Å². The van der Waals surface area contributed by atoms with Crippen molar-refractivity contribution in [2.75, 3.05) is 23.7 Å². The number of amides is 3. The van der Waals surface area contributed by atoms with Gasteiger partial charge in [0, 0.05) is 41.9 Å². The third-order valence-corrected chi connectivity index (χ3v) is 5.46. The van der Waals surface area contributed by atoms with Crippen molar-refractivity contribution >= 4 is 35.2 Å². The standard InChI is InChI=1S/C26H31N3O3/c1-26(2,3)25(32)28-22-11-7-10-21(18-22)27-24(31)20-14-16-29(17-15-20)23(30)13-12-19-8-5-4-6-9-19/h4-13,18,20H,14-17H2,1-3H3,(H,27,31)(H,28,32)/b13-12+. The average molecular weight is 434 g/mol. The van der Waals surface area contributed by atoms with Gasteiger partial charge in [-0.3, -0.25) is 14.4 Å². The molecular weight excluding hydrogens is 402 g/mol. The summed E-state index contributed by atoms with van der Waals surface area (Å²) < 4.78 is 0. The highest BCUT2D eigenvalue weighted by atomic mass is 16.2. The quantitative estimate of drug-likeness (QED) is 0.679. The van der Waals surface area contributed by atoms with E-state index in [0.29, 0.717) is 37.3 Å². The molecule has 6 heteroatoms. The molecule has 0 unspecified atom stereocenters. The Morgan fingerprint density at radius 1 is 0.906 bits per heavy atom. The number of benzene rings is 2. The van der Waals surface area contributed by atoms with Crippen molar-refractivity contribution in [3.05, 3.63) is 66.2 Å². The zero-order chi connectivity index (χ0) is 23.1. The molecule has 0 atom stereocenters. The fourth-order valence-electron chi connectivity index (χ4n) is 3.44. The van der Waals surface area contributed by atoms with Gasteiger partial charge in [0.25, 0.3) is 0 Å². The van der Waals surface area contributed by atoms with Gasteiger partial charge >= 0.3 is 0 Å². The monoisotopic (exact) mass is 433 g/mol. The second-order valence-electron chi connectivity index (χ2n) is 9.12. The molecule has 3 rings (SSSR count). The largest absolute Gasteiger partial charge is 0.339 e. The van der Waals surface area contributed by atoms with E-state index in [2.05, 4.69) is 10.6 Å². The van der Waals surface area contributed by atoms with Crippen LogP contribution in [0.3, 0.4) is 0 Å². The molecule has 1 heterocycles. The van der Waals surface area contributed by atoms with Gasteiger partial charge in [0.1, 0.15) is 0 Å². The molecule has 0 radical (unpaired) electrons. The third kappa shape index (κ3) is 6.54. The molecule has 168 valence electrons. The van der Waals surface area contributed by atoms with Gasteiger partial charge in [-0.15, -0.1) is 0 Å². The van der Waals surface area contributed by atoms with Gasteiger partial charge in [-0.25, -0.2) is 0 Å². The molecule has 0 aliphatic carbocycles. The Bertz CT molecular complexity index is 985. The number of likely N-dealkylation sites (tertiary alicyclic amines) is 1. The minimum Gasteiger partial charge on any atom is -0.339 e. The van der Waals surface area contributed by atoms with Crippen molar-refractivity contribution in [2.24, 2.45) is 11.3 Å². The highest BCUT2D eigenvalue weighted by Gasteiger charge is 2.27. The Hall–Kier alpha value is -3.41. The molecule has 0 bridgehead atoms. The summed E-state index contributed by atoms with van der Waals surface area (Å²) in [6.45, 7) is 6.66. The van der Waals surface area contributed by atoms with Crippen LogP contribution in [0.15, 0.2) is 60.7 Å². The Kier molecular flexibility index (Phi) is 7.46. The van der Waals surface area contributed by atoms with Gasteiger partial charge in [0.05, 0.1) is 0 Å². The van der Waals surface area contributed by atoms with Gasteiger partial charge < -0.3 is 15.5 Å². The van der Waals surface area contributed by atoms with E-state index in [1.165, 1.54) is 0 Å². The van der Waals surface area contributed by atoms with E-state index in [1.807, 2.05) is 57.2 Å². The van der Waals surface area contributed by atoms with Gasteiger partial charge in [-0.2, -0.15) is 0 Å². The van der Waals surface area contributed by atoms with E-state index >= 15 is 0 Å². The number of anilines is 2. The van der Waals surface area contributed by atoms with E-state index in [9.17, 15) is 14.4 Å². The van der Waals surface area contributed by atoms with Crippen LogP contribution in [-0.2, 0) is 14.4 Å². The van der Waals surface area contributed by atoms with Crippen LogP contribution in [0, 0.1) is 11.3 Å².